The normalized spacial score (nSPS) is 9.81. The van der Waals surface area contributed by atoms with Crippen LogP contribution in [0, 0.1) is 6.92 Å². The average Bonchev–Trinajstić information content (AvgIpc) is 2.78. The molecule has 4 heteroatoms. The maximum Gasteiger partial charge on any atom is 0.306 e. The Morgan fingerprint density at radius 2 is 1.65 bits per heavy atom. The number of unbranched alkanes of at least 4 members (excludes halogenated alkanes) is 1. The molecule has 4 nitrogen and oxygen atoms in total. The van der Waals surface area contributed by atoms with Gasteiger partial charge in [0.05, 0.1) is 13.0 Å². The smallest absolute Gasteiger partial charge is 0.306 e. The van der Waals surface area contributed by atoms with Crippen LogP contribution in [0.15, 0.2) is 42.6 Å². The lowest BCUT2D eigenvalue weighted by molar-refractivity contribution is -0.143. The van der Waals surface area contributed by atoms with Crippen LogP contribution >= 0.6 is 0 Å². The molecule has 2 aromatic rings. The number of Topliss-reactive ketones (excluding diaryl/α,β-unsaturated/α-hetero) is 1. The second kappa shape index (κ2) is 17.2. The van der Waals surface area contributed by atoms with Gasteiger partial charge in [0.1, 0.15) is 5.78 Å². The van der Waals surface area contributed by atoms with Crippen LogP contribution in [0.4, 0.5) is 0 Å². The van der Waals surface area contributed by atoms with Crippen LogP contribution in [0.1, 0.15) is 85.5 Å². The first-order valence-corrected chi connectivity index (χ1v) is 11.2. The van der Waals surface area contributed by atoms with Gasteiger partial charge >= 0.3 is 5.97 Å². The number of ketones is 1. The molecule has 0 amide bonds. The second-order valence-corrected chi connectivity index (χ2v) is 7.17. The van der Waals surface area contributed by atoms with E-state index in [0.717, 1.165) is 36.9 Å². The van der Waals surface area contributed by atoms with Gasteiger partial charge in [0, 0.05) is 34.0 Å². The Balaban J connectivity index is -0.00000175. The first kappa shape index (κ1) is 28.5. The number of carbonyl (C=O) groups is 2. The zero-order valence-corrected chi connectivity index (χ0v) is 19.1. The van der Waals surface area contributed by atoms with Gasteiger partial charge in [-0.2, -0.15) is 0 Å². The number of aromatic nitrogens is 1. The summed E-state index contributed by atoms with van der Waals surface area (Å²) in [5, 5.41) is 0. The highest BCUT2D eigenvalue weighted by Crippen LogP contribution is 2.13. The number of nitrogens with zero attached hydrogens (tertiary/aromatic N) is 1. The fraction of sp³-hybridized carbons (Fsp3) is 0.519. The zero-order chi connectivity index (χ0) is 22.2. The van der Waals surface area contributed by atoms with E-state index in [1.807, 2.05) is 45.0 Å². The van der Waals surface area contributed by atoms with Crippen molar-refractivity contribution in [2.45, 2.75) is 86.5 Å². The van der Waals surface area contributed by atoms with Gasteiger partial charge in [0.15, 0.2) is 0 Å². The lowest BCUT2D eigenvalue weighted by Crippen LogP contribution is -2.08. The Kier molecular flexibility index (Phi) is 15.8. The van der Waals surface area contributed by atoms with E-state index in [1.54, 1.807) is 6.20 Å². The Morgan fingerprint density at radius 1 is 0.935 bits per heavy atom. The van der Waals surface area contributed by atoms with Crippen molar-refractivity contribution >= 4 is 11.8 Å². The van der Waals surface area contributed by atoms with E-state index in [4.69, 9.17) is 4.74 Å². The lowest BCUT2D eigenvalue weighted by Gasteiger charge is -2.07. The maximum absolute atomic E-state index is 12.1. The molecule has 2 rings (SSSR count). The van der Waals surface area contributed by atoms with Gasteiger partial charge in [-0.25, -0.2) is 0 Å². The number of benzene rings is 1. The Hall–Kier alpha value is -2.49. The summed E-state index contributed by atoms with van der Waals surface area (Å²) < 4.78 is 5.25. The van der Waals surface area contributed by atoms with Crippen LogP contribution in [0.2, 0.25) is 0 Å². The number of aryl methyl sites for hydroxylation is 4. The highest BCUT2D eigenvalue weighted by atomic mass is 16.5. The van der Waals surface area contributed by atoms with E-state index in [0.29, 0.717) is 32.3 Å². The maximum atomic E-state index is 12.1. The van der Waals surface area contributed by atoms with Gasteiger partial charge < -0.3 is 4.74 Å². The summed E-state index contributed by atoms with van der Waals surface area (Å²) >= 11 is 0. The molecule has 176 valence electrons. The summed E-state index contributed by atoms with van der Waals surface area (Å²) in [6.45, 7) is 8.51. The third-order valence-electron chi connectivity index (χ3n) is 4.84. The van der Waals surface area contributed by atoms with Crippen LogP contribution in [-0.4, -0.2) is 23.3 Å². The number of hydrogen-bond acceptors (Lipinski definition) is 4. The minimum atomic E-state index is -0.204. The molecule has 0 aliphatic carbocycles. The number of esters is 1. The predicted octanol–water partition coefficient (Wildman–Crippen LogP) is 6.95. The molecular formula is C27H45NO3. The van der Waals surface area contributed by atoms with Crippen molar-refractivity contribution in [1.82, 2.24) is 4.98 Å². The number of carbonyl (C=O) groups excluding carboxylic acids is 2. The quantitative estimate of drug-likeness (QED) is 0.269. The second-order valence-electron chi connectivity index (χ2n) is 7.17. The van der Waals surface area contributed by atoms with Gasteiger partial charge in [-0.3, -0.25) is 14.6 Å². The fourth-order valence-electron chi connectivity index (χ4n) is 3.10. The Labute approximate surface area is 192 Å². The van der Waals surface area contributed by atoms with Crippen molar-refractivity contribution in [3.63, 3.8) is 0 Å². The van der Waals surface area contributed by atoms with E-state index in [9.17, 15) is 9.59 Å². The molecule has 31 heavy (non-hydrogen) atoms. The van der Waals surface area contributed by atoms with Crippen LogP contribution < -0.4 is 0 Å². The standard InChI is InChI=1S/C24H31NO3.C2H6.CH4.2H2/c1-3-20-8-4-5-9-21(20)12-15-23(26)10-6-7-17-28-24(27)16-14-22-13-11-19(2)18-25-22;1-2;;;/h4-5,8-9,11,13,18H,3,6-7,10,12,14-17H2,1-2H3;1-2H3;1H4;2*1H. The predicted molar refractivity (Wildman–Crippen MR) is 134 cm³/mol. The van der Waals surface area contributed by atoms with Crippen molar-refractivity contribution in [1.29, 1.82) is 0 Å². The summed E-state index contributed by atoms with van der Waals surface area (Å²) in [4.78, 5) is 28.1. The molecule has 0 saturated carbocycles. The van der Waals surface area contributed by atoms with Crippen molar-refractivity contribution in [3.05, 3.63) is 65.0 Å². The fourth-order valence-corrected chi connectivity index (χ4v) is 3.10. The average molecular weight is 432 g/mol. The molecule has 1 aromatic heterocycles. The highest BCUT2D eigenvalue weighted by molar-refractivity contribution is 5.78. The van der Waals surface area contributed by atoms with E-state index in [-0.39, 0.29) is 22.0 Å². The summed E-state index contributed by atoms with van der Waals surface area (Å²) in [6.07, 6.45) is 7.17. The van der Waals surface area contributed by atoms with Crippen molar-refractivity contribution in [2.24, 2.45) is 0 Å². The first-order chi connectivity index (χ1) is 14.6. The topological polar surface area (TPSA) is 56.3 Å². The molecule has 0 unspecified atom stereocenters. The SMILES string of the molecule is C.CC.CCc1ccccc1CCC(=O)CCCCOC(=O)CCc1ccc(C)cn1.[HH].[HH]. The highest BCUT2D eigenvalue weighted by Gasteiger charge is 2.07. The molecule has 0 spiro atoms. The summed E-state index contributed by atoms with van der Waals surface area (Å²) in [6, 6.07) is 12.2. The summed E-state index contributed by atoms with van der Waals surface area (Å²) in [7, 11) is 0. The number of hydrogen-bond donors (Lipinski definition) is 0. The molecule has 0 bridgehead atoms. The molecule has 1 heterocycles. The van der Waals surface area contributed by atoms with E-state index in [2.05, 4.69) is 24.0 Å². The van der Waals surface area contributed by atoms with Crippen LogP contribution in [0.5, 0.6) is 0 Å². The van der Waals surface area contributed by atoms with Gasteiger partial charge in [0.2, 0.25) is 0 Å². The van der Waals surface area contributed by atoms with Crippen molar-refractivity contribution in [2.75, 3.05) is 6.61 Å². The number of ether oxygens (including phenoxy) is 1. The third kappa shape index (κ3) is 12.1. The molecule has 0 N–H and O–H groups in total. The van der Waals surface area contributed by atoms with Crippen LogP contribution in [0.3, 0.4) is 0 Å². The minimum Gasteiger partial charge on any atom is -0.466 e. The first-order valence-electron chi connectivity index (χ1n) is 11.2. The molecule has 0 fully saturated rings. The van der Waals surface area contributed by atoms with Gasteiger partial charge in [-0.1, -0.05) is 58.5 Å². The number of pyridine rings is 1. The third-order valence-corrected chi connectivity index (χ3v) is 4.84. The molecule has 1 aromatic carbocycles. The van der Waals surface area contributed by atoms with Crippen LogP contribution in [0.25, 0.3) is 0 Å². The minimum absolute atomic E-state index is 0. The van der Waals surface area contributed by atoms with E-state index in [1.165, 1.54) is 11.1 Å². The number of rotatable bonds is 12. The zero-order valence-electron chi connectivity index (χ0n) is 19.1. The lowest BCUT2D eigenvalue weighted by atomic mass is 9.99. The molecule has 0 radical (unpaired) electrons. The monoisotopic (exact) mass is 431 g/mol. The summed E-state index contributed by atoms with van der Waals surface area (Å²) in [5.41, 5.74) is 4.60. The summed E-state index contributed by atoms with van der Waals surface area (Å²) in [5.74, 6) is 0.0764. The van der Waals surface area contributed by atoms with E-state index >= 15 is 0 Å². The van der Waals surface area contributed by atoms with Gasteiger partial charge in [-0.15, -0.1) is 0 Å². The van der Waals surface area contributed by atoms with Crippen LogP contribution in [-0.2, 0) is 33.6 Å². The molecular weight excluding hydrogens is 386 g/mol. The van der Waals surface area contributed by atoms with Crippen molar-refractivity contribution < 1.29 is 17.2 Å². The Morgan fingerprint density at radius 3 is 2.29 bits per heavy atom. The molecule has 0 saturated heterocycles. The van der Waals surface area contributed by atoms with Gasteiger partial charge in [-0.05, 0) is 55.4 Å². The Bertz CT molecular complexity index is 764. The molecule has 0 atom stereocenters. The van der Waals surface area contributed by atoms with Gasteiger partial charge in [0.25, 0.3) is 0 Å². The molecule has 0 aliphatic heterocycles. The van der Waals surface area contributed by atoms with E-state index < -0.39 is 0 Å². The van der Waals surface area contributed by atoms with Crippen molar-refractivity contribution in [3.8, 4) is 0 Å². The molecule has 0 aliphatic rings. The largest absolute Gasteiger partial charge is 0.466 e.